The van der Waals surface area contributed by atoms with E-state index in [1.165, 1.54) is 40.0 Å². The van der Waals surface area contributed by atoms with Crippen LogP contribution in [0.25, 0.3) is 5.57 Å². The molecule has 0 saturated heterocycles. The van der Waals surface area contributed by atoms with Gasteiger partial charge in [-0.05, 0) is 101 Å². The van der Waals surface area contributed by atoms with E-state index in [2.05, 4.69) is 47.2 Å². The van der Waals surface area contributed by atoms with Crippen LogP contribution in [0.2, 0.25) is 10.0 Å². The molecular formula is C29H23Cl2NO2S. The maximum absolute atomic E-state index is 12.8. The van der Waals surface area contributed by atoms with Crippen LogP contribution in [0.15, 0.2) is 102 Å². The van der Waals surface area contributed by atoms with Crippen LogP contribution in [0.1, 0.15) is 27.8 Å². The average molecular weight is 520 g/mol. The quantitative estimate of drug-likeness (QED) is 0.295. The van der Waals surface area contributed by atoms with Crippen molar-refractivity contribution in [2.75, 3.05) is 4.72 Å². The molecular weight excluding hydrogens is 497 g/mol. The zero-order chi connectivity index (χ0) is 24.4. The molecule has 4 aromatic rings. The monoisotopic (exact) mass is 519 g/mol. The van der Waals surface area contributed by atoms with E-state index in [9.17, 15) is 8.42 Å². The maximum atomic E-state index is 12.8. The van der Waals surface area contributed by atoms with Crippen LogP contribution in [0.5, 0.6) is 0 Å². The van der Waals surface area contributed by atoms with E-state index in [0.717, 1.165) is 23.4 Å². The highest BCUT2D eigenvalue weighted by Crippen LogP contribution is 2.35. The number of rotatable bonds is 5. The Labute approximate surface area is 216 Å². The molecule has 0 unspecified atom stereocenters. The fraction of sp³-hybridized carbons (Fsp3) is 0.103. The van der Waals surface area contributed by atoms with Gasteiger partial charge in [-0.2, -0.15) is 0 Å². The molecule has 4 aromatic carbocycles. The van der Waals surface area contributed by atoms with E-state index in [0.29, 0.717) is 17.1 Å². The molecule has 0 saturated carbocycles. The first-order valence-corrected chi connectivity index (χ1v) is 13.6. The lowest BCUT2D eigenvalue weighted by Crippen LogP contribution is -2.12. The summed E-state index contributed by atoms with van der Waals surface area (Å²) in [5, 5.41) is 1.23. The minimum Gasteiger partial charge on any atom is -0.280 e. The summed E-state index contributed by atoms with van der Waals surface area (Å²) in [6.45, 7) is 0. The average Bonchev–Trinajstić information content (AvgIpc) is 2.99. The molecule has 176 valence electrons. The van der Waals surface area contributed by atoms with Crippen molar-refractivity contribution in [2.45, 2.75) is 24.2 Å². The summed E-state index contributed by atoms with van der Waals surface area (Å²) in [5.74, 6) is 0. The van der Waals surface area contributed by atoms with Crippen LogP contribution >= 0.6 is 23.2 Å². The van der Waals surface area contributed by atoms with Crippen LogP contribution in [0, 0.1) is 0 Å². The largest absolute Gasteiger partial charge is 0.280 e. The van der Waals surface area contributed by atoms with E-state index in [-0.39, 0.29) is 4.90 Å². The summed E-state index contributed by atoms with van der Waals surface area (Å²) < 4.78 is 28.3. The lowest BCUT2D eigenvalue weighted by atomic mass is 9.92. The van der Waals surface area contributed by atoms with Crippen molar-refractivity contribution in [3.05, 3.63) is 135 Å². The summed E-state index contributed by atoms with van der Waals surface area (Å²) >= 11 is 12.2. The van der Waals surface area contributed by atoms with Crippen LogP contribution in [-0.4, -0.2) is 8.42 Å². The fourth-order valence-electron chi connectivity index (χ4n) is 4.48. The van der Waals surface area contributed by atoms with Gasteiger partial charge in [0.25, 0.3) is 10.0 Å². The summed E-state index contributed by atoms with van der Waals surface area (Å²) in [6, 6.07) is 28.2. The van der Waals surface area contributed by atoms with Gasteiger partial charge in [-0.25, -0.2) is 8.42 Å². The summed E-state index contributed by atoms with van der Waals surface area (Å²) in [7, 11) is -3.71. The number of hydrogen-bond donors (Lipinski definition) is 1. The zero-order valence-electron chi connectivity index (χ0n) is 18.8. The Morgan fingerprint density at radius 2 is 1.46 bits per heavy atom. The van der Waals surface area contributed by atoms with E-state index < -0.39 is 10.0 Å². The molecule has 1 aliphatic carbocycles. The van der Waals surface area contributed by atoms with Crippen LogP contribution < -0.4 is 4.72 Å². The molecule has 0 aliphatic heterocycles. The number of anilines is 1. The molecule has 0 atom stereocenters. The van der Waals surface area contributed by atoms with Crippen molar-refractivity contribution in [2.24, 2.45) is 0 Å². The van der Waals surface area contributed by atoms with Gasteiger partial charge >= 0.3 is 0 Å². The highest BCUT2D eigenvalue weighted by Gasteiger charge is 2.18. The number of benzene rings is 4. The van der Waals surface area contributed by atoms with Crippen molar-refractivity contribution in [1.82, 2.24) is 0 Å². The highest BCUT2D eigenvalue weighted by atomic mass is 35.5. The van der Waals surface area contributed by atoms with Gasteiger partial charge < -0.3 is 0 Å². The minimum atomic E-state index is -3.71. The topological polar surface area (TPSA) is 46.2 Å². The lowest BCUT2D eigenvalue weighted by molar-refractivity contribution is 0.601. The Kier molecular flexibility index (Phi) is 6.70. The van der Waals surface area contributed by atoms with Crippen molar-refractivity contribution in [1.29, 1.82) is 0 Å². The number of nitrogens with one attached hydrogen (secondary N) is 1. The first-order valence-electron chi connectivity index (χ1n) is 11.3. The van der Waals surface area contributed by atoms with Gasteiger partial charge in [0.2, 0.25) is 0 Å². The van der Waals surface area contributed by atoms with Gasteiger partial charge in [-0.3, -0.25) is 4.72 Å². The second-order valence-electron chi connectivity index (χ2n) is 8.54. The lowest BCUT2D eigenvalue weighted by Gasteiger charge is -2.13. The van der Waals surface area contributed by atoms with E-state index >= 15 is 0 Å². The van der Waals surface area contributed by atoms with Gasteiger partial charge in [0, 0.05) is 15.7 Å². The molecule has 0 radical (unpaired) electrons. The molecule has 0 aromatic heterocycles. The number of halogens is 2. The van der Waals surface area contributed by atoms with Crippen molar-refractivity contribution >= 4 is 44.5 Å². The summed E-state index contributed by atoms with van der Waals surface area (Å²) in [5.41, 5.74) is 7.68. The number of fused-ring (bicyclic) bond motifs is 2. The van der Waals surface area contributed by atoms with Crippen LogP contribution in [-0.2, 0) is 29.3 Å². The van der Waals surface area contributed by atoms with Gasteiger partial charge in [-0.1, -0.05) is 71.7 Å². The fourth-order valence-corrected chi connectivity index (χ4v) is 5.85. The smallest absolute Gasteiger partial charge is 0.261 e. The Balaban J connectivity index is 1.46. The van der Waals surface area contributed by atoms with Crippen LogP contribution in [0.3, 0.4) is 0 Å². The van der Waals surface area contributed by atoms with E-state index in [1.807, 2.05) is 24.3 Å². The maximum Gasteiger partial charge on any atom is 0.261 e. The van der Waals surface area contributed by atoms with Crippen molar-refractivity contribution in [3.63, 3.8) is 0 Å². The molecule has 5 rings (SSSR count). The molecule has 1 N–H and O–H groups in total. The van der Waals surface area contributed by atoms with Gasteiger partial charge in [0.1, 0.15) is 0 Å². The molecule has 0 heterocycles. The Morgan fingerprint density at radius 1 is 0.743 bits per heavy atom. The molecule has 0 spiro atoms. The van der Waals surface area contributed by atoms with Gasteiger partial charge in [-0.15, -0.1) is 0 Å². The molecule has 6 heteroatoms. The Bertz CT molecular complexity index is 1530. The molecule has 35 heavy (non-hydrogen) atoms. The van der Waals surface area contributed by atoms with E-state index in [4.69, 9.17) is 23.2 Å². The summed E-state index contributed by atoms with van der Waals surface area (Å²) in [6.07, 6.45) is 4.78. The summed E-state index contributed by atoms with van der Waals surface area (Å²) in [4.78, 5) is 0.166. The third-order valence-corrected chi connectivity index (χ3v) is 8.06. The third-order valence-electron chi connectivity index (χ3n) is 6.17. The van der Waals surface area contributed by atoms with Gasteiger partial charge in [0.15, 0.2) is 0 Å². The Hall–Kier alpha value is -3.05. The first kappa shape index (κ1) is 23.7. The Morgan fingerprint density at radius 3 is 2.29 bits per heavy atom. The molecule has 0 amide bonds. The zero-order valence-corrected chi connectivity index (χ0v) is 21.2. The number of hydrogen-bond acceptors (Lipinski definition) is 2. The predicted molar refractivity (Wildman–Crippen MR) is 145 cm³/mol. The van der Waals surface area contributed by atoms with Gasteiger partial charge in [0.05, 0.1) is 4.90 Å². The van der Waals surface area contributed by atoms with Crippen molar-refractivity contribution in [3.8, 4) is 0 Å². The molecule has 3 nitrogen and oxygen atoms in total. The standard InChI is InChI=1S/C29H23Cl2NO2S/c30-23-11-14-26(15-12-23)35(33,34)32-25-6-3-4-20(18-25)8-16-29-27-7-2-1-5-21(27)9-10-22-19-24(31)13-17-28(22)29/h1-7,11-19,32H,8-10H2/b29-16-. The number of sulfonamides is 1. The highest BCUT2D eigenvalue weighted by molar-refractivity contribution is 7.92. The minimum absolute atomic E-state index is 0.166. The SMILES string of the molecule is O=S(=O)(Nc1cccc(C/C=C2/c3ccccc3CCc3cc(Cl)ccc32)c1)c1ccc(Cl)cc1. The second-order valence-corrected chi connectivity index (χ2v) is 11.1. The van der Waals surface area contributed by atoms with E-state index in [1.54, 1.807) is 18.2 Å². The third kappa shape index (κ3) is 5.30. The normalized spacial score (nSPS) is 14.2. The molecule has 1 aliphatic rings. The predicted octanol–water partition coefficient (Wildman–Crippen LogP) is 7.57. The second kappa shape index (κ2) is 9.90. The van der Waals surface area contributed by atoms with Crippen molar-refractivity contribution < 1.29 is 8.42 Å². The van der Waals surface area contributed by atoms with Crippen LogP contribution in [0.4, 0.5) is 5.69 Å². The first-order chi connectivity index (χ1) is 16.9. The molecule has 0 bridgehead atoms. The number of aryl methyl sites for hydroxylation is 2. The molecule has 0 fully saturated rings. The number of allylic oxidation sites excluding steroid dienone is 1.